The number of methoxy groups -OCH3 is 1. The molecule has 0 amide bonds. The molecule has 3 heteroatoms. The summed E-state index contributed by atoms with van der Waals surface area (Å²) in [4.78, 5) is 2.39. The smallest absolute Gasteiger partial charge is 0.120 e. The Balaban J connectivity index is 1.79. The second-order valence-corrected chi connectivity index (χ2v) is 5.58. The zero-order valence-corrected chi connectivity index (χ0v) is 12.4. The lowest BCUT2D eigenvalue weighted by Crippen LogP contribution is -2.22. The third-order valence-electron chi connectivity index (χ3n) is 4.11. The lowest BCUT2D eigenvalue weighted by Gasteiger charge is -2.21. The van der Waals surface area contributed by atoms with Gasteiger partial charge in [0.15, 0.2) is 0 Å². The number of nitrogens with zero attached hydrogens (tertiary/aromatic N) is 1. The normalized spacial score (nSPS) is 15.3. The Morgan fingerprint density at radius 1 is 1.14 bits per heavy atom. The highest BCUT2D eigenvalue weighted by atomic mass is 16.5. The molecule has 0 atom stereocenters. The molecule has 1 aliphatic heterocycles. The standard InChI is InChI=1S/C18H21NO2/c1-21-17-8-9-18(20)16(11-17)13-19-10-4-7-14-5-2-3-6-15(14)12-19/h2-3,5-6,8-9,11,20H,4,7,10,12-13H2,1H3. The number of hydrogen-bond acceptors (Lipinski definition) is 3. The number of ether oxygens (including phenoxy) is 1. The van der Waals surface area contributed by atoms with E-state index in [-0.39, 0.29) is 0 Å². The van der Waals surface area contributed by atoms with Crippen LogP contribution in [0.15, 0.2) is 42.5 Å². The minimum atomic E-state index is 0.341. The number of fused-ring (bicyclic) bond motifs is 1. The molecule has 0 saturated heterocycles. The molecule has 21 heavy (non-hydrogen) atoms. The number of phenolic OH excluding ortho intramolecular Hbond substituents is 1. The molecule has 1 heterocycles. The molecule has 1 N–H and O–H groups in total. The van der Waals surface area contributed by atoms with Gasteiger partial charge in [-0.05, 0) is 48.7 Å². The average Bonchev–Trinajstić information content (AvgIpc) is 2.71. The molecule has 0 fully saturated rings. The molecule has 0 saturated carbocycles. The highest BCUT2D eigenvalue weighted by Crippen LogP contribution is 2.26. The summed E-state index contributed by atoms with van der Waals surface area (Å²) in [5.41, 5.74) is 3.78. The maximum atomic E-state index is 10.0. The van der Waals surface area contributed by atoms with Crippen molar-refractivity contribution in [3.8, 4) is 11.5 Å². The van der Waals surface area contributed by atoms with Gasteiger partial charge in [-0.1, -0.05) is 24.3 Å². The molecule has 0 spiro atoms. The maximum absolute atomic E-state index is 10.0. The van der Waals surface area contributed by atoms with E-state index in [9.17, 15) is 5.11 Å². The van der Waals surface area contributed by atoms with Crippen LogP contribution in [0.4, 0.5) is 0 Å². The lowest BCUT2D eigenvalue weighted by molar-refractivity contribution is 0.257. The summed E-state index contributed by atoms with van der Waals surface area (Å²) < 4.78 is 5.25. The molecule has 0 aliphatic carbocycles. The quantitative estimate of drug-likeness (QED) is 0.937. The van der Waals surface area contributed by atoms with Gasteiger partial charge in [-0.2, -0.15) is 0 Å². The summed E-state index contributed by atoms with van der Waals surface area (Å²) in [7, 11) is 1.65. The van der Waals surface area contributed by atoms with E-state index in [1.807, 2.05) is 6.07 Å². The van der Waals surface area contributed by atoms with Gasteiger partial charge < -0.3 is 9.84 Å². The third-order valence-corrected chi connectivity index (χ3v) is 4.11. The van der Waals surface area contributed by atoms with Gasteiger partial charge in [0.1, 0.15) is 11.5 Å². The summed E-state index contributed by atoms with van der Waals surface area (Å²) >= 11 is 0. The summed E-state index contributed by atoms with van der Waals surface area (Å²) in [6, 6.07) is 14.1. The highest BCUT2D eigenvalue weighted by Gasteiger charge is 2.15. The van der Waals surface area contributed by atoms with Crippen LogP contribution in [0.1, 0.15) is 23.1 Å². The highest BCUT2D eigenvalue weighted by molar-refractivity contribution is 5.39. The van der Waals surface area contributed by atoms with Crippen molar-refractivity contribution in [2.75, 3.05) is 13.7 Å². The van der Waals surface area contributed by atoms with Crippen LogP contribution in [0.5, 0.6) is 11.5 Å². The SMILES string of the molecule is COc1ccc(O)c(CN2CCCc3ccccc3C2)c1. The first-order chi connectivity index (χ1) is 10.3. The number of aryl methyl sites for hydroxylation is 1. The molecule has 3 rings (SSSR count). The van der Waals surface area contributed by atoms with Crippen LogP contribution in [0.25, 0.3) is 0 Å². The fourth-order valence-corrected chi connectivity index (χ4v) is 2.96. The Kier molecular flexibility index (Phi) is 4.11. The van der Waals surface area contributed by atoms with Crippen molar-refractivity contribution in [3.05, 3.63) is 59.2 Å². The van der Waals surface area contributed by atoms with Gasteiger partial charge in [0.25, 0.3) is 0 Å². The Morgan fingerprint density at radius 2 is 1.95 bits per heavy atom. The summed E-state index contributed by atoms with van der Waals surface area (Å²) in [5.74, 6) is 1.13. The van der Waals surface area contributed by atoms with Gasteiger partial charge in [-0.25, -0.2) is 0 Å². The Labute approximate surface area is 125 Å². The lowest BCUT2D eigenvalue weighted by atomic mass is 10.0. The molecule has 0 bridgehead atoms. The zero-order chi connectivity index (χ0) is 14.7. The van der Waals surface area contributed by atoms with Crippen molar-refractivity contribution < 1.29 is 9.84 Å². The van der Waals surface area contributed by atoms with E-state index >= 15 is 0 Å². The molecule has 3 nitrogen and oxygen atoms in total. The van der Waals surface area contributed by atoms with E-state index in [4.69, 9.17) is 4.74 Å². The number of hydrogen-bond donors (Lipinski definition) is 1. The van der Waals surface area contributed by atoms with Crippen LogP contribution in [0, 0.1) is 0 Å². The average molecular weight is 283 g/mol. The largest absolute Gasteiger partial charge is 0.508 e. The van der Waals surface area contributed by atoms with E-state index in [1.54, 1.807) is 19.2 Å². The molecule has 0 aromatic heterocycles. The molecule has 2 aromatic carbocycles. The number of rotatable bonds is 3. The first-order valence-corrected chi connectivity index (χ1v) is 7.41. The van der Waals surface area contributed by atoms with Crippen molar-refractivity contribution in [1.29, 1.82) is 0 Å². The number of benzene rings is 2. The van der Waals surface area contributed by atoms with Gasteiger partial charge in [-0.3, -0.25) is 4.90 Å². The molecular weight excluding hydrogens is 262 g/mol. The van der Waals surface area contributed by atoms with Crippen LogP contribution in [0.2, 0.25) is 0 Å². The van der Waals surface area contributed by atoms with Crippen molar-refractivity contribution in [2.24, 2.45) is 0 Å². The van der Waals surface area contributed by atoms with Crippen LogP contribution in [0.3, 0.4) is 0 Å². The van der Waals surface area contributed by atoms with Crippen LogP contribution in [-0.2, 0) is 19.5 Å². The van der Waals surface area contributed by atoms with Crippen molar-refractivity contribution in [3.63, 3.8) is 0 Å². The zero-order valence-electron chi connectivity index (χ0n) is 12.4. The number of aromatic hydroxyl groups is 1. The molecule has 110 valence electrons. The minimum Gasteiger partial charge on any atom is -0.508 e. The van der Waals surface area contributed by atoms with E-state index in [0.29, 0.717) is 5.75 Å². The van der Waals surface area contributed by atoms with E-state index < -0.39 is 0 Å². The van der Waals surface area contributed by atoms with E-state index in [0.717, 1.165) is 43.8 Å². The minimum absolute atomic E-state index is 0.341. The molecule has 0 unspecified atom stereocenters. The van der Waals surface area contributed by atoms with Crippen LogP contribution in [-0.4, -0.2) is 23.7 Å². The fourth-order valence-electron chi connectivity index (χ4n) is 2.96. The molecular formula is C18H21NO2. The summed E-state index contributed by atoms with van der Waals surface area (Å²) in [5, 5.41) is 10.0. The molecule has 2 aromatic rings. The Bertz CT molecular complexity index is 624. The van der Waals surface area contributed by atoms with Gasteiger partial charge >= 0.3 is 0 Å². The first kappa shape index (κ1) is 14.0. The van der Waals surface area contributed by atoms with Gasteiger partial charge in [0.2, 0.25) is 0 Å². The van der Waals surface area contributed by atoms with E-state index in [1.165, 1.54) is 11.1 Å². The maximum Gasteiger partial charge on any atom is 0.120 e. The predicted molar refractivity (Wildman–Crippen MR) is 83.5 cm³/mol. The van der Waals surface area contributed by atoms with Crippen molar-refractivity contribution in [1.82, 2.24) is 4.90 Å². The first-order valence-electron chi connectivity index (χ1n) is 7.41. The predicted octanol–water partition coefficient (Wildman–Crippen LogP) is 3.35. The molecule has 1 aliphatic rings. The van der Waals surface area contributed by atoms with Gasteiger partial charge in [0, 0.05) is 18.7 Å². The fraction of sp³-hybridized carbons (Fsp3) is 0.333. The van der Waals surface area contributed by atoms with Crippen molar-refractivity contribution in [2.45, 2.75) is 25.9 Å². The number of phenols is 1. The second-order valence-electron chi connectivity index (χ2n) is 5.58. The van der Waals surface area contributed by atoms with Crippen molar-refractivity contribution >= 4 is 0 Å². The van der Waals surface area contributed by atoms with Crippen LogP contribution >= 0.6 is 0 Å². The topological polar surface area (TPSA) is 32.7 Å². The Morgan fingerprint density at radius 3 is 2.76 bits per heavy atom. The summed E-state index contributed by atoms with van der Waals surface area (Å²) in [6.07, 6.45) is 2.29. The van der Waals surface area contributed by atoms with E-state index in [2.05, 4.69) is 29.2 Å². The molecule has 0 radical (unpaired) electrons. The summed E-state index contributed by atoms with van der Waals surface area (Å²) in [6.45, 7) is 2.73. The van der Waals surface area contributed by atoms with Gasteiger partial charge in [-0.15, -0.1) is 0 Å². The third kappa shape index (κ3) is 3.19. The van der Waals surface area contributed by atoms with Gasteiger partial charge in [0.05, 0.1) is 7.11 Å². The monoisotopic (exact) mass is 283 g/mol. The second kappa shape index (κ2) is 6.19. The van der Waals surface area contributed by atoms with Crippen LogP contribution < -0.4 is 4.74 Å². The Hall–Kier alpha value is -2.00.